The van der Waals surface area contributed by atoms with E-state index in [1.165, 1.54) is 15.9 Å². The van der Waals surface area contributed by atoms with Crippen LogP contribution in [0.4, 0.5) is 5.95 Å². The van der Waals surface area contributed by atoms with Gasteiger partial charge in [0.05, 0.1) is 5.39 Å². The van der Waals surface area contributed by atoms with Crippen LogP contribution in [0.3, 0.4) is 0 Å². The minimum Gasteiger partial charge on any atom is -0.294 e. The predicted octanol–water partition coefficient (Wildman–Crippen LogP) is 1.07. The smallest absolute Gasteiger partial charge is 0.263 e. The summed E-state index contributed by atoms with van der Waals surface area (Å²) in [5.74, 6) is 5.74. The lowest BCUT2D eigenvalue weighted by Gasteiger charge is -2.07. The molecule has 3 N–H and O–H groups in total. The molecule has 0 radical (unpaired) electrons. The van der Waals surface area contributed by atoms with E-state index in [4.69, 9.17) is 5.84 Å². The SMILES string of the molecule is CCn1c(NN)nc2sc(C)cc2c1=O. The van der Waals surface area contributed by atoms with Crippen LogP contribution in [0.2, 0.25) is 0 Å². The molecule has 0 saturated heterocycles. The van der Waals surface area contributed by atoms with Crippen LogP contribution in [0, 0.1) is 6.92 Å². The van der Waals surface area contributed by atoms with E-state index in [1.54, 1.807) is 0 Å². The molecule has 0 atom stereocenters. The number of rotatable bonds is 2. The zero-order chi connectivity index (χ0) is 11.0. The van der Waals surface area contributed by atoms with Gasteiger partial charge in [-0.15, -0.1) is 11.3 Å². The summed E-state index contributed by atoms with van der Waals surface area (Å²) in [6.07, 6.45) is 0. The lowest BCUT2D eigenvalue weighted by atomic mass is 10.3. The first kappa shape index (κ1) is 10.1. The van der Waals surface area contributed by atoms with Gasteiger partial charge in [0, 0.05) is 11.4 Å². The number of anilines is 1. The minimum atomic E-state index is -0.0419. The van der Waals surface area contributed by atoms with Crippen molar-refractivity contribution in [3.05, 3.63) is 21.3 Å². The third kappa shape index (κ3) is 1.51. The summed E-state index contributed by atoms with van der Waals surface area (Å²) in [7, 11) is 0. The molecule has 2 aromatic heterocycles. The van der Waals surface area contributed by atoms with Crippen LogP contribution in [-0.2, 0) is 6.54 Å². The van der Waals surface area contributed by atoms with E-state index in [0.29, 0.717) is 17.9 Å². The van der Waals surface area contributed by atoms with Gasteiger partial charge in [0.2, 0.25) is 5.95 Å². The van der Waals surface area contributed by atoms with Crippen LogP contribution in [0.1, 0.15) is 11.8 Å². The van der Waals surface area contributed by atoms with Crippen LogP contribution >= 0.6 is 11.3 Å². The Balaban J connectivity index is 2.87. The summed E-state index contributed by atoms with van der Waals surface area (Å²) in [5, 5.41) is 0.665. The third-order valence-corrected chi connectivity index (χ3v) is 3.16. The molecule has 2 heterocycles. The van der Waals surface area contributed by atoms with Crippen molar-refractivity contribution in [3.8, 4) is 0 Å². The van der Waals surface area contributed by atoms with Crippen molar-refractivity contribution in [2.75, 3.05) is 5.43 Å². The fraction of sp³-hybridized carbons (Fsp3) is 0.333. The Bertz CT molecular complexity index is 557. The maximum absolute atomic E-state index is 12.0. The number of nitrogen functional groups attached to an aromatic ring is 1. The molecule has 0 bridgehead atoms. The summed E-state index contributed by atoms with van der Waals surface area (Å²) in [4.78, 5) is 18.1. The van der Waals surface area contributed by atoms with E-state index in [9.17, 15) is 4.79 Å². The van der Waals surface area contributed by atoms with Gasteiger partial charge in [0.1, 0.15) is 4.83 Å². The fourth-order valence-corrected chi connectivity index (χ4v) is 2.41. The normalized spacial score (nSPS) is 10.9. The number of hydrogen-bond acceptors (Lipinski definition) is 5. The first-order valence-corrected chi connectivity index (χ1v) is 5.46. The fourth-order valence-electron chi connectivity index (χ4n) is 1.54. The number of nitrogens with two attached hydrogens (primary N) is 1. The lowest BCUT2D eigenvalue weighted by Crippen LogP contribution is -2.26. The number of nitrogens with one attached hydrogen (secondary N) is 1. The molecule has 0 unspecified atom stereocenters. The zero-order valence-electron chi connectivity index (χ0n) is 8.57. The average molecular weight is 224 g/mol. The molecule has 0 aliphatic carbocycles. The Labute approximate surface area is 90.5 Å². The molecule has 2 aromatic rings. The maximum Gasteiger partial charge on any atom is 0.263 e. The molecule has 0 aliphatic heterocycles. The van der Waals surface area contributed by atoms with E-state index >= 15 is 0 Å². The largest absolute Gasteiger partial charge is 0.294 e. The van der Waals surface area contributed by atoms with Crippen molar-refractivity contribution in [1.29, 1.82) is 0 Å². The summed E-state index contributed by atoms with van der Waals surface area (Å²) < 4.78 is 1.52. The van der Waals surface area contributed by atoms with Crippen LogP contribution in [0.25, 0.3) is 10.2 Å². The van der Waals surface area contributed by atoms with Crippen molar-refractivity contribution in [1.82, 2.24) is 9.55 Å². The van der Waals surface area contributed by atoms with Crippen molar-refractivity contribution < 1.29 is 0 Å². The molecule has 6 heteroatoms. The summed E-state index contributed by atoms with van der Waals surface area (Å²) in [5.41, 5.74) is 2.41. The summed E-state index contributed by atoms with van der Waals surface area (Å²) in [6, 6.07) is 1.86. The van der Waals surface area contributed by atoms with Gasteiger partial charge in [-0.3, -0.25) is 14.8 Å². The van der Waals surface area contributed by atoms with Gasteiger partial charge in [-0.05, 0) is 19.9 Å². The van der Waals surface area contributed by atoms with Crippen LogP contribution in [-0.4, -0.2) is 9.55 Å². The molecule has 2 rings (SSSR count). The molecule has 0 saturated carbocycles. The van der Waals surface area contributed by atoms with E-state index < -0.39 is 0 Å². The van der Waals surface area contributed by atoms with E-state index in [-0.39, 0.29) is 5.56 Å². The van der Waals surface area contributed by atoms with Gasteiger partial charge in [0.15, 0.2) is 0 Å². The number of fused-ring (bicyclic) bond motifs is 1. The van der Waals surface area contributed by atoms with Crippen LogP contribution < -0.4 is 16.8 Å². The highest BCUT2D eigenvalue weighted by molar-refractivity contribution is 7.18. The second-order valence-electron chi connectivity index (χ2n) is 3.21. The van der Waals surface area contributed by atoms with E-state index in [0.717, 1.165) is 9.71 Å². The molecule has 0 aromatic carbocycles. The highest BCUT2D eigenvalue weighted by Gasteiger charge is 2.10. The molecular formula is C9H12N4OS. The topological polar surface area (TPSA) is 72.9 Å². The van der Waals surface area contributed by atoms with Crippen LogP contribution in [0.5, 0.6) is 0 Å². The molecular weight excluding hydrogens is 212 g/mol. The Morgan fingerprint density at radius 1 is 1.67 bits per heavy atom. The van der Waals surface area contributed by atoms with Crippen molar-refractivity contribution in [2.45, 2.75) is 20.4 Å². The quantitative estimate of drug-likeness (QED) is 0.591. The predicted molar refractivity (Wildman–Crippen MR) is 62.1 cm³/mol. The van der Waals surface area contributed by atoms with E-state index in [1.807, 2.05) is 19.9 Å². The molecule has 0 fully saturated rings. The highest BCUT2D eigenvalue weighted by atomic mass is 32.1. The summed E-state index contributed by atoms with van der Waals surface area (Å²) in [6.45, 7) is 4.39. The number of thiophene rings is 1. The van der Waals surface area contributed by atoms with Crippen molar-refractivity contribution in [3.63, 3.8) is 0 Å². The van der Waals surface area contributed by atoms with Gasteiger partial charge in [-0.2, -0.15) is 0 Å². The monoisotopic (exact) mass is 224 g/mol. The van der Waals surface area contributed by atoms with Gasteiger partial charge in [-0.1, -0.05) is 0 Å². The van der Waals surface area contributed by atoms with Crippen molar-refractivity contribution >= 4 is 27.5 Å². The van der Waals surface area contributed by atoms with Crippen LogP contribution in [0.15, 0.2) is 10.9 Å². The Morgan fingerprint density at radius 3 is 3.00 bits per heavy atom. The minimum absolute atomic E-state index is 0.0419. The Morgan fingerprint density at radius 2 is 2.40 bits per heavy atom. The van der Waals surface area contributed by atoms with Gasteiger partial charge in [-0.25, -0.2) is 10.8 Å². The first-order valence-electron chi connectivity index (χ1n) is 4.65. The second kappa shape index (κ2) is 3.63. The number of aromatic nitrogens is 2. The Kier molecular flexibility index (Phi) is 2.45. The lowest BCUT2D eigenvalue weighted by molar-refractivity contribution is 0.725. The summed E-state index contributed by atoms with van der Waals surface area (Å²) >= 11 is 1.50. The third-order valence-electron chi connectivity index (χ3n) is 2.22. The average Bonchev–Trinajstić information content (AvgIpc) is 2.59. The first-order chi connectivity index (χ1) is 7.17. The number of hydrogen-bond donors (Lipinski definition) is 2. The van der Waals surface area contributed by atoms with E-state index in [2.05, 4.69) is 10.4 Å². The molecule has 15 heavy (non-hydrogen) atoms. The van der Waals surface area contributed by atoms with Gasteiger partial charge in [0.25, 0.3) is 5.56 Å². The van der Waals surface area contributed by atoms with Crippen molar-refractivity contribution in [2.24, 2.45) is 5.84 Å². The molecule has 0 spiro atoms. The maximum atomic E-state index is 12.0. The number of aryl methyl sites for hydroxylation is 1. The van der Waals surface area contributed by atoms with Gasteiger partial charge < -0.3 is 0 Å². The molecule has 80 valence electrons. The molecule has 0 amide bonds. The molecule has 5 nitrogen and oxygen atoms in total. The number of nitrogens with zero attached hydrogens (tertiary/aromatic N) is 2. The number of hydrazine groups is 1. The second-order valence-corrected chi connectivity index (χ2v) is 4.44. The molecule has 0 aliphatic rings. The zero-order valence-corrected chi connectivity index (χ0v) is 9.39. The van der Waals surface area contributed by atoms with Gasteiger partial charge >= 0.3 is 0 Å². The standard InChI is InChI=1S/C9H12N4OS/c1-3-13-8(14)6-4-5(2)15-7(6)11-9(13)12-10/h4H,3,10H2,1-2H3,(H,11,12). The Hall–Kier alpha value is -1.40. The highest BCUT2D eigenvalue weighted by Crippen LogP contribution is 2.21.